The van der Waals surface area contributed by atoms with Gasteiger partial charge in [-0.25, -0.2) is 4.98 Å². The van der Waals surface area contributed by atoms with Crippen molar-refractivity contribution in [3.05, 3.63) is 34.1 Å². The second-order valence-electron chi connectivity index (χ2n) is 3.46. The molecule has 0 bridgehead atoms. The van der Waals surface area contributed by atoms with Gasteiger partial charge in [0, 0.05) is 5.56 Å². The summed E-state index contributed by atoms with van der Waals surface area (Å²) in [4.78, 5) is 4.26. The van der Waals surface area contributed by atoms with Gasteiger partial charge in [-0.3, -0.25) is 5.10 Å². The highest BCUT2D eigenvalue weighted by atomic mass is 35.5. The summed E-state index contributed by atoms with van der Waals surface area (Å²) in [6.45, 7) is 1.83. The number of benzene rings is 1. The van der Waals surface area contributed by atoms with Crippen LogP contribution in [-0.4, -0.2) is 15.2 Å². The third kappa shape index (κ3) is 2.19. The molecular formula is C10H10Cl2N4. The van der Waals surface area contributed by atoms with Crippen molar-refractivity contribution < 1.29 is 0 Å². The fraction of sp³-hybridized carbons (Fsp3) is 0.200. The first-order chi connectivity index (χ1) is 7.58. The summed E-state index contributed by atoms with van der Waals surface area (Å²) >= 11 is 11.7. The lowest BCUT2D eigenvalue weighted by molar-refractivity contribution is 0.745. The molecular weight excluding hydrogens is 247 g/mol. The van der Waals surface area contributed by atoms with Gasteiger partial charge in [0.05, 0.1) is 16.1 Å². The van der Waals surface area contributed by atoms with Gasteiger partial charge in [0.15, 0.2) is 5.82 Å². The first-order valence-electron chi connectivity index (χ1n) is 4.71. The molecule has 0 amide bonds. The third-order valence-electron chi connectivity index (χ3n) is 2.11. The Kier molecular flexibility index (Phi) is 3.14. The summed E-state index contributed by atoms with van der Waals surface area (Å²) in [5.41, 5.74) is 6.48. The lowest BCUT2D eigenvalue weighted by atomic mass is 10.2. The molecule has 1 heterocycles. The highest BCUT2D eigenvalue weighted by Crippen LogP contribution is 2.26. The van der Waals surface area contributed by atoms with E-state index in [0.717, 1.165) is 5.56 Å². The molecule has 4 nitrogen and oxygen atoms in total. The van der Waals surface area contributed by atoms with E-state index in [-0.39, 0.29) is 6.04 Å². The van der Waals surface area contributed by atoms with Gasteiger partial charge in [-0.2, -0.15) is 5.10 Å². The maximum Gasteiger partial charge on any atom is 0.181 e. The van der Waals surface area contributed by atoms with Crippen LogP contribution in [0.3, 0.4) is 0 Å². The Labute approximate surface area is 103 Å². The fourth-order valence-electron chi connectivity index (χ4n) is 1.24. The van der Waals surface area contributed by atoms with Crippen LogP contribution in [0.15, 0.2) is 18.2 Å². The van der Waals surface area contributed by atoms with Crippen LogP contribution in [0.1, 0.15) is 18.8 Å². The predicted molar refractivity (Wildman–Crippen MR) is 64.4 cm³/mol. The van der Waals surface area contributed by atoms with Crippen molar-refractivity contribution >= 4 is 23.2 Å². The molecule has 1 aromatic carbocycles. The van der Waals surface area contributed by atoms with Gasteiger partial charge in [0.1, 0.15) is 5.82 Å². The second-order valence-corrected chi connectivity index (χ2v) is 4.28. The highest BCUT2D eigenvalue weighted by molar-refractivity contribution is 6.42. The minimum absolute atomic E-state index is 0.177. The molecule has 3 N–H and O–H groups in total. The minimum atomic E-state index is -0.177. The van der Waals surface area contributed by atoms with Crippen LogP contribution in [0.5, 0.6) is 0 Å². The Morgan fingerprint density at radius 3 is 2.62 bits per heavy atom. The third-order valence-corrected chi connectivity index (χ3v) is 2.85. The molecule has 0 aliphatic carbocycles. The van der Waals surface area contributed by atoms with Crippen molar-refractivity contribution in [2.75, 3.05) is 0 Å². The zero-order chi connectivity index (χ0) is 11.7. The van der Waals surface area contributed by atoms with Gasteiger partial charge >= 0.3 is 0 Å². The zero-order valence-electron chi connectivity index (χ0n) is 8.54. The molecule has 0 saturated carbocycles. The van der Waals surface area contributed by atoms with Crippen molar-refractivity contribution in [3.8, 4) is 11.4 Å². The summed E-state index contributed by atoms with van der Waals surface area (Å²) in [6, 6.07) is 5.06. The van der Waals surface area contributed by atoms with Crippen LogP contribution in [0.4, 0.5) is 0 Å². The number of H-pyrrole nitrogens is 1. The predicted octanol–water partition coefficient (Wildman–Crippen LogP) is 2.80. The quantitative estimate of drug-likeness (QED) is 0.869. The lowest BCUT2D eigenvalue weighted by Gasteiger charge is -1.98. The van der Waals surface area contributed by atoms with E-state index in [1.165, 1.54) is 0 Å². The van der Waals surface area contributed by atoms with Crippen molar-refractivity contribution in [2.24, 2.45) is 5.73 Å². The summed E-state index contributed by atoms with van der Waals surface area (Å²) < 4.78 is 0. The molecule has 2 aromatic rings. The molecule has 16 heavy (non-hydrogen) atoms. The van der Waals surface area contributed by atoms with Gasteiger partial charge in [0.25, 0.3) is 0 Å². The largest absolute Gasteiger partial charge is 0.322 e. The van der Waals surface area contributed by atoms with E-state index in [1.807, 2.05) is 13.0 Å². The average Bonchev–Trinajstić information content (AvgIpc) is 2.71. The monoisotopic (exact) mass is 256 g/mol. The molecule has 0 aliphatic heterocycles. The van der Waals surface area contributed by atoms with Crippen LogP contribution in [0.25, 0.3) is 11.4 Å². The van der Waals surface area contributed by atoms with Crippen LogP contribution >= 0.6 is 23.2 Å². The van der Waals surface area contributed by atoms with E-state index in [2.05, 4.69) is 15.2 Å². The molecule has 0 saturated heterocycles. The van der Waals surface area contributed by atoms with Crippen LogP contribution in [0, 0.1) is 0 Å². The fourth-order valence-corrected chi connectivity index (χ4v) is 1.54. The Morgan fingerprint density at radius 1 is 1.31 bits per heavy atom. The Hall–Kier alpha value is -1.10. The van der Waals surface area contributed by atoms with E-state index >= 15 is 0 Å². The Bertz CT molecular complexity index is 507. The standard InChI is InChI=1S/C10H10Cl2N4/c1-5(13)9-14-10(16-15-9)6-2-3-7(11)8(12)4-6/h2-5H,13H2,1H3,(H,14,15,16). The van der Waals surface area contributed by atoms with E-state index in [9.17, 15) is 0 Å². The smallest absolute Gasteiger partial charge is 0.181 e. The number of aromatic nitrogens is 3. The summed E-state index contributed by atoms with van der Waals surface area (Å²) in [6.07, 6.45) is 0. The van der Waals surface area contributed by atoms with E-state index in [1.54, 1.807) is 12.1 Å². The van der Waals surface area contributed by atoms with E-state index in [0.29, 0.717) is 21.7 Å². The first-order valence-corrected chi connectivity index (χ1v) is 5.47. The van der Waals surface area contributed by atoms with Gasteiger partial charge in [-0.05, 0) is 25.1 Å². The Morgan fingerprint density at radius 2 is 2.06 bits per heavy atom. The van der Waals surface area contributed by atoms with Crippen molar-refractivity contribution in [2.45, 2.75) is 13.0 Å². The number of nitrogens with two attached hydrogens (primary N) is 1. The minimum Gasteiger partial charge on any atom is -0.322 e. The first kappa shape index (κ1) is 11.4. The Balaban J connectivity index is 2.39. The number of rotatable bonds is 2. The van der Waals surface area contributed by atoms with Crippen molar-refractivity contribution in [1.82, 2.24) is 15.2 Å². The van der Waals surface area contributed by atoms with Gasteiger partial charge in [0.2, 0.25) is 0 Å². The number of hydrogen-bond acceptors (Lipinski definition) is 3. The van der Waals surface area contributed by atoms with Crippen LogP contribution in [-0.2, 0) is 0 Å². The number of halogens is 2. The van der Waals surface area contributed by atoms with Crippen LogP contribution < -0.4 is 5.73 Å². The SMILES string of the molecule is CC(N)c1nc(-c2ccc(Cl)c(Cl)c2)n[nH]1. The molecule has 0 spiro atoms. The van der Waals surface area contributed by atoms with E-state index < -0.39 is 0 Å². The maximum atomic E-state index is 5.91. The molecule has 1 aromatic heterocycles. The summed E-state index contributed by atoms with van der Waals surface area (Å²) in [5.74, 6) is 1.20. The molecule has 84 valence electrons. The molecule has 1 atom stereocenters. The zero-order valence-corrected chi connectivity index (χ0v) is 10.0. The van der Waals surface area contributed by atoms with Gasteiger partial charge < -0.3 is 5.73 Å². The number of nitrogens with zero attached hydrogens (tertiary/aromatic N) is 2. The number of nitrogens with one attached hydrogen (secondary N) is 1. The summed E-state index contributed by atoms with van der Waals surface area (Å²) in [7, 11) is 0. The molecule has 1 unspecified atom stereocenters. The van der Waals surface area contributed by atoms with Gasteiger partial charge in [-0.1, -0.05) is 23.2 Å². The van der Waals surface area contributed by atoms with Gasteiger partial charge in [-0.15, -0.1) is 0 Å². The maximum absolute atomic E-state index is 5.91. The number of aromatic amines is 1. The van der Waals surface area contributed by atoms with Crippen molar-refractivity contribution in [1.29, 1.82) is 0 Å². The second kappa shape index (κ2) is 4.41. The lowest BCUT2D eigenvalue weighted by Crippen LogP contribution is -2.06. The number of hydrogen-bond donors (Lipinski definition) is 2. The molecule has 0 fully saturated rings. The molecule has 2 rings (SSSR count). The molecule has 0 radical (unpaired) electrons. The van der Waals surface area contributed by atoms with E-state index in [4.69, 9.17) is 28.9 Å². The highest BCUT2D eigenvalue weighted by Gasteiger charge is 2.09. The van der Waals surface area contributed by atoms with Crippen molar-refractivity contribution in [3.63, 3.8) is 0 Å². The molecule has 0 aliphatic rings. The van der Waals surface area contributed by atoms with Crippen LogP contribution in [0.2, 0.25) is 10.0 Å². The topological polar surface area (TPSA) is 67.6 Å². The average molecular weight is 257 g/mol. The normalized spacial score (nSPS) is 12.8. The molecule has 6 heteroatoms. The summed E-state index contributed by atoms with van der Waals surface area (Å²) in [5, 5.41) is 7.82.